The molecule has 86 valence electrons. The number of nitrogens with zero attached hydrogens (tertiary/aromatic N) is 1. The van der Waals surface area contributed by atoms with Crippen molar-refractivity contribution in [2.75, 3.05) is 26.7 Å². The van der Waals surface area contributed by atoms with Gasteiger partial charge in [0.2, 0.25) is 0 Å². The summed E-state index contributed by atoms with van der Waals surface area (Å²) in [6, 6.07) is 2.05. The van der Waals surface area contributed by atoms with Crippen LogP contribution in [0, 0.1) is 6.92 Å². The van der Waals surface area contributed by atoms with Gasteiger partial charge in [-0.1, -0.05) is 6.92 Å². The Morgan fingerprint density at radius 3 is 2.80 bits per heavy atom. The Bertz CT molecular complexity index is 270. The van der Waals surface area contributed by atoms with Gasteiger partial charge in [-0.15, -0.1) is 0 Å². The van der Waals surface area contributed by atoms with Crippen LogP contribution in [0.1, 0.15) is 24.7 Å². The van der Waals surface area contributed by atoms with Gasteiger partial charge in [-0.3, -0.25) is 0 Å². The first kappa shape index (κ1) is 12.3. The number of nitrogens with one attached hydrogen (secondary N) is 1. The lowest BCUT2D eigenvalue weighted by Crippen LogP contribution is -2.29. The first-order valence-electron chi connectivity index (χ1n) is 5.66. The normalized spacial score (nSPS) is 11.2. The minimum absolute atomic E-state index is 0.968. The molecule has 1 rings (SSSR count). The van der Waals surface area contributed by atoms with Crippen LogP contribution in [0.15, 0.2) is 16.7 Å². The van der Waals surface area contributed by atoms with Gasteiger partial charge in [-0.2, -0.15) is 0 Å². The molecule has 3 heteroatoms. The summed E-state index contributed by atoms with van der Waals surface area (Å²) in [7, 11) is 2.14. The zero-order valence-electron chi connectivity index (χ0n) is 10.0. The Morgan fingerprint density at radius 1 is 1.40 bits per heavy atom. The summed E-state index contributed by atoms with van der Waals surface area (Å²) < 4.78 is 5.27. The fourth-order valence-corrected chi connectivity index (χ4v) is 1.52. The smallest absolute Gasteiger partial charge is 0.105 e. The number of likely N-dealkylation sites (N-methyl/N-ethyl adjacent to an activating group) is 1. The van der Waals surface area contributed by atoms with Crippen molar-refractivity contribution in [2.45, 2.75) is 26.8 Å². The second kappa shape index (κ2) is 6.64. The van der Waals surface area contributed by atoms with Crippen molar-refractivity contribution in [1.29, 1.82) is 0 Å². The molecule has 0 amide bonds. The van der Waals surface area contributed by atoms with Gasteiger partial charge in [-0.05, 0) is 33.0 Å². The molecule has 1 N–H and O–H groups in total. The van der Waals surface area contributed by atoms with Crippen LogP contribution >= 0.6 is 0 Å². The average molecular weight is 210 g/mol. The van der Waals surface area contributed by atoms with E-state index in [-0.39, 0.29) is 0 Å². The number of hydrogen-bond acceptors (Lipinski definition) is 3. The highest BCUT2D eigenvalue weighted by molar-refractivity contribution is 5.14. The van der Waals surface area contributed by atoms with Crippen LogP contribution in [0.5, 0.6) is 0 Å². The Labute approximate surface area is 92.5 Å². The van der Waals surface area contributed by atoms with E-state index in [9.17, 15) is 0 Å². The van der Waals surface area contributed by atoms with Crippen LogP contribution in [0.3, 0.4) is 0 Å². The third-order valence-corrected chi connectivity index (χ3v) is 2.50. The fraction of sp³-hybridized carbons (Fsp3) is 0.667. The maximum absolute atomic E-state index is 5.27. The van der Waals surface area contributed by atoms with Crippen molar-refractivity contribution in [3.8, 4) is 0 Å². The van der Waals surface area contributed by atoms with Gasteiger partial charge in [0.1, 0.15) is 5.76 Å². The van der Waals surface area contributed by atoms with E-state index in [4.69, 9.17) is 4.42 Å². The van der Waals surface area contributed by atoms with Gasteiger partial charge in [0.25, 0.3) is 0 Å². The molecule has 0 saturated carbocycles. The van der Waals surface area contributed by atoms with E-state index < -0.39 is 0 Å². The van der Waals surface area contributed by atoms with Gasteiger partial charge < -0.3 is 14.6 Å². The number of hydrogen-bond donors (Lipinski definition) is 1. The molecule has 15 heavy (non-hydrogen) atoms. The molecule has 0 aliphatic rings. The van der Waals surface area contributed by atoms with Crippen LogP contribution in [-0.2, 0) is 6.54 Å². The summed E-state index contributed by atoms with van der Waals surface area (Å²) in [5, 5.41) is 3.40. The van der Waals surface area contributed by atoms with Crippen molar-refractivity contribution in [2.24, 2.45) is 0 Å². The van der Waals surface area contributed by atoms with Crippen molar-refractivity contribution in [1.82, 2.24) is 10.2 Å². The van der Waals surface area contributed by atoms with Gasteiger partial charge in [-0.25, -0.2) is 0 Å². The highest BCUT2D eigenvalue weighted by atomic mass is 16.3. The zero-order valence-corrected chi connectivity index (χ0v) is 10.0. The minimum atomic E-state index is 0.968. The number of aryl methyl sites for hydroxylation is 1. The van der Waals surface area contributed by atoms with Crippen LogP contribution < -0.4 is 5.32 Å². The summed E-state index contributed by atoms with van der Waals surface area (Å²) >= 11 is 0. The van der Waals surface area contributed by atoms with E-state index >= 15 is 0 Å². The predicted octanol–water partition coefficient (Wildman–Crippen LogP) is 2.02. The number of furan rings is 1. The number of rotatable bonds is 7. The highest BCUT2D eigenvalue weighted by Crippen LogP contribution is 2.10. The lowest BCUT2D eigenvalue weighted by Gasteiger charge is -2.16. The molecule has 0 aromatic carbocycles. The molecule has 0 bridgehead atoms. The van der Waals surface area contributed by atoms with E-state index in [1.54, 1.807) is 6.26 Å². The molecule has 1 heterocycles. The van der Waals surface area contributed by atoms with Gasteiger partial charge in [0.15, 0.2) is 0 Å². The monoisotopic (exact) mass is 210 g/mol. The largest absolute Gasteiger partial charge is 0.469 e. The van der Waals surface area contributed by atoms with E-state index in [1.165, 1.54) is 12.0 Å². The van der Waals surface area contributed by atoms with Crippen LogP contribution in [-0.4, -0.2) is 31.6 Å². The van der Waals surface area contributed by atoms with Gasteiger partial charge in [0, 0.05) is 25.2 Å². The van der Waals surface area contributed by atoms with E-state index in [0.29, 0.717) is 0 Å². The molecule has 0 atom stereocenters. The topological polar surface area (TPSA) is 28.4 Å². The molecule has 0 spiro atoms. The maximum atomic E-state index is 5.27. The molecule has 0 unspecified atom stereocenters. The summed E-state index contributed by atoms with van der Waals surface area (Å²) in [6.45, 7) is 8.41. The Balaban J connectivity index is 2.18. The predicted molar refractivity (Wildman–Crippen MR) is 62.9 cm³/mol. The van der Waals surface area contributed by atoms with Crippen LogP contribution in [0.25, 0.3) is 0 Å². The van der Waals surface area contributed by atoms with Crippen LogP contribution in [0.4, 0.5) is 0 Å². The molecule has 0 aliphatic heterocycles. The molecule has 1 aromatic heterocycles. The summed E-state index contributed by atoms with van der Waals surface area (Å²) in [5.74, 6) is 1.03. The average Bonchev–Trinajstić information content (AvgIpc) is 2.59. The zero-order chi connectivity index (χ0) is 11.1. The lowest BCUT2D eigenvalue weighted by atomic mass is 10.2. The Morgan fingerprint density at radius 2 is 2.20 bits per heavy atom. The van der Waals surface area contributed by atoms with Crippen molar-refractivity contribution < 1.29 is 4.42 Å². The van der Waals surface area contributed by atoms with Crippen molar-refractivity contribution in [3.63, 3.8) is 0 Å². The molecule has 0 fully saturated rings. The fourth-order valence-electron chi connectivity index (χ4n) is 1.52. The minimum Gasteiger partial charge on any atom is -0.469 e. The molecule has 0 aliphatic carbocycles. The van der Waals surface area contributed by atoms with E-state index in [1.807, 2.05) is 13.0 Å². The maximum Gasteiger partial charge on any atom is 0.105 e. The molecule has 1 aromatic rings. The summed E-state index contributed by atoms with van der Waals surface area (Å²) in [5.41, 5.74) is 1.29. The standard InChI is InChI=1S/C12H22N2O/c1-4-6-13-7-8-14(3)10-12-5-9-15-11(12)2/h5,9,13H,4,6-8,10H2,1-3H3. The van der Waals surface area contributed by atoms with E-state index in [2.05, 4.69) is 24.2 Å². The van der Waals surface area contributed by atoms with Gasteiger partial charge in [0.05, 0.1) is 6.26 Å². The second-order valence-corrected chi connectivity index (χ2v) is 3.99. The third kappa shape index (κ3) is 4.49. The first-order chi connectivity index (χ1) is 7.24. The quantitative estimate of drug-likeness (QED) is 0.698. The lowest BCUT2D eigenvalue weighted by molar-refractivity contribution is 0.322. The van der Waals surface area contributed by atoms with Crippen molar-refractivity contribution >= 4 is 0 Å². The summed E-state index contributed by atoms with van der Waals surface area (Å²) in [6.07, 6.45) is 2.96. The Hall–Kier alpha value is -0.800. The second-order valence-electron chi connectivity index (χ2n) is 3.99. The molecule has 3 nitrogen and oxygen atoms in total. The summed E-state index contributed by atoms with van der Waals surface area (Å²) in [4.78, 5) is 2.31. The molecule has 0 radical (unpaired) electrons. The highest BCUT2D eigenvalue weighted by Gasteiger charge is 2.04. The molecular formula is C12H22N2O. The van der Waals surface area contributed by atoms with Gasteiger partial charge >= 0.3 is 0 Å². The van der Waals surface area contributed by atoms with Crippen LogP contribution in [0.2, 0.25) is 0 Å². The SMILES string of the molecule is CCCNCCN(C)Cc1ccoc1C. The third-order valence-electron chi connectivity index (χ3n) is 2.50. The molecular weight excluding hydrogens is 188 g/mol. The first-order valence-corrected chi connectivity index (χ1v) is 5.66. The van der Waals surface area contributed by atoms with E-state index in [0.717, 1.165) is 31.9 Å². The Kier molecular flexibility index (Phi) is 5.43. The van der Waals surface area contributed by atoms with Crippen molar-refractivity contribution in [3.05, 3.63) is 23.7 Å². The molecule has 0 saturated heterocycles.